The lowest BCUT2D eigenvalue weighted by Gasteiger charge is -2.70. The average molecular weight is 204 g/mol. The monoisotopic (exact) mass is 204 g/mol. The number of rotatable bonds is 1. The molecule has 4 bridgehead atoms. The lowest BCUT2D eigenvalue weighted by Crippen LogP contribution is -2.63. The zero-order chi connectivity index (χ0) is 10.8. The van der Waals surface area contributed by atoms with Crippen molar-refractivity contribution < 1.29 is 0 Å². The normalized spacial score (nSPS) is 52.5. The van der Waals surface area contributed by atoms with E-state index < -0.39 is 0 Å². The summed E-state index contributed by atoms with van der Waals surface area (Å²) in [6.07, 6.45) is 6.90. The Labute approximate surface area is 94.1 Å². The standard InChI is InChI=1S/C15H24/c1-9(2)11-7-8-15(4)12-6-5-10(3)14(15)13(11)12/h5,9,11-14H,6-8H2,1-4H3/t11?,12?,13?,14?,15-/m1/s1. The van der Waals surface area contributed by atoms with E-state index in [1.165, 1.54) is 19.3 Å². The van der Waals surface area contributed by atoms with E-state index in [-0.39, 0.29) is 0 Å². The molecular formula is C15H24. The molecule has 0 N–H and O–H groups in total. The quantitative estimate of drug-likeness (QED) is 0.559. The molecule has 0 amide bonds. The molecule has 0 radical (unpaired) electrons. The van der Waals surface area contributed by atoms with Crippen molar-refractivity contribution in [3.63, 3.8) is 0 Å². The summed E-state index contributed by atoms with van der Waals surface area (Å²) < 4.78 is 0. The maximum absolute atomic E-state index is 2.56. The molecule has 4 rings (SSSR count). The Morgan fingerprint density at radius 3 is 2.73 bits per heavy atom. The van der Waals surface area contributed by atoms with Crippen LogP contribution >= 0.6 is 0 Å². The minimum atomic E-state index is 0.703. The molecule has 15 heavy (non-hydrogen) atoms. The Bertz CT molecular complexity index is 312. The van der Waals surface area contributed by atoms with Gasteiger partial charge in [-0.2, -0.15) is 0 Å². The van der Waals surface area contributed by atoms with Crippen LogP contribution in [0.1, 0.15) is 47.0 Å². The van der Waals surface area contributed by atoms with E-state index in [2.05, 4.69) is 33.8 Å². The summed E-state index contributed by atoms with van der Waals surface area (Å²) in [5, 5.41) is 0. The van der Waals surface area contributed by atoms with Crippen LogP contribution in [0.4, 0.5) is 0 Å². The molecule has 5 atom stereocenters. The third-order valence-electron chi connectivity index (χ3n) is 5.96. The summed E-state index contributed by atoms with van der Waals surface area (Å²) in [5.41, 5.74) is 2.42. The average Bonchev–Trinajstić information content (AvgIpc) is 2.17. The zero-order valence-electron chi connectivity index (χ0n) is 10.6. The summed E-state index contributed by atoms with van der Waals surface area (Å²) in [4.78, 5) is 0. The fourth-order valence-corrected chi connectivity index (χ4v) is 5.25. The lowest BCUT2D eigenvalue weighted by molar-refractivity contribution is -0.181. The van der Waals surface area contributed by atoms with Crippen LogP contribution in [-0.4, -0.2) is 0 Å². The van der Waals surface area contributed by atoms with Gasteiger partial charge in [0.1, 0.15) is 0 Å². The van der Waals surface area contributed by atoms with E-state index in [1.807, 2.05) is 0 Å². The van der Waals surface area contributed by atoms with Crippen molar-refractivity contribution in [1.82, 2.24) is 0 Å². The molecular weight excluding hydrogens is 180 g/mol. The van der Waals surface area contributed by atoms with Crippen molar-refractivity contribution in [2.75, 3.05) is 0 Å². The highest BCUT2D eigenvalue weighted by Gasteiger charge is 2.64. The van der Waals surface area contributed by atoms with Crippen molar-refractivity contribution in [3.8, 4) is 0 Å². The molecule has 84 valence electrons. The first-order chi connectivity index (χ1) is 7.05. The molecule has 0 aromatic heterocycles. The summed E-state index contributed by atoms with van der Waals surface area (Å²) in [5.74, 6) is 4.96. The molecule has 0 aromatic rings. The zero-order valence-corrected chi connectivity index (χ0v) is 10.6. The lowest BCUT2D eigenvalue weighted by atomic mass is 9.34. The topological polar surface area (TPSA) is 0 Å². The second-order valence-corrected chi connectivity index (χ2v) is 6.80. The van der Waals surface area contributed by atoms with Crippen LogP contribution in [0, 0.1) is 35.0 Å². The first-order valence-corrected chi connectivity index (χ1v) is 6.72. The molecule has 0 spiro atoms. The highest BCUT2D eigenvalue weighted by atomic mass is 14.7. The Morgan fingerprint density at radius 2 is 2.13 bits per heavy atom. The van der Waals surface area contributed by atoms with Gasteiger partial charge in [-0.05, 0) is 61.2 Å². The van der Waals surface area contributed by atoms with Gasteiger partial charge in [0.2, 0.25) is 0 Å². The van der Waals surface area contributed by atoms with Gasteiger partial charge in [-0.1, -0.05) is 32.4 Å². The largest absolute Gasteiger partial charge is 0.0850 e. The molecule has 0 nitrogen and oxygen atoms in total. The van der Waals surface area contributed by atoms with Crippen molar-refractivity contribution in [1.29, 1.82) is 0 Å². The van der Waals surface area contributed by atoms with Gasteiger partial charge in [0.25, 0.3) is 0 Å². The molecule has 4 aliphatic carbocycles. The van der Waals surface area contributed by atoms with Gasteiger partial charge in [0.15, 0.2) is 0 Å². The minimum Gasteiger partial charge on any atom is -0.0850 e. The van der Waals surface area contributed by atoms with Crippen molar-refractivity contribution in [2.24, 2.45) is 35.0 Å². The first-order valence-electron chi connectivity index (χ1n) is 6.72. The maximum atomic E-state index is 2.56. The first kappa shape index (κ1) is 9.93. The molecule has 0 aromatic carbocycles. The number of hydrogen-bond donors (Lipinski definition) is 0. The Morgan fingerprint density at radius 1 is 1.40 bits per heavy atom. The van der Waals surface area contributed by atoms with Crippen LogP contribution in [0.5, 0.6) is 0 Å². The molecule has 2 saturated carbocycles. The molecule has 0 saturated heterocycles. The van der Waals surface area contributed by atoms with Crippen LogP contribution in [-0.2, 0) is 0 Å². The Balaban J connectivity index is 1.95. The fraction of sp³-hybridized carbons (Fsp3) is 0.867. The fourth-order valence-electron chi connectivity index (χ4n) is 5.25. The Kier molecular flexibility index (Phi) is 1.92. The van der Waals surface area contributed by atoms with Crippen LogP contribution in [0.3, 0.4) is 0 Å². The molecule has 4 unspecified atom stereocenters. The van der Waals surface area contributed by atoms with Gasteiger partial charge in [-0.25, -0.2) is 0 Å². The van der Waals surface area contributed by atoms with Gasteiger partial charge in [0.05, 0.1) is 0 Å². The SMILES string of the molecule is CC1=CCC2C3C(C(C)C)CC[C@@]2(C)C13. The molecule has 2 fully saturated rings. The van der Waals surface area contributed by atoms with Crippen molar-refractivity contribution in [3.05, 3.63) is 11.6 Å². The maximum Gasteiger partial charge on any atom is -0.0115 e. The van der Waals surface area contributed by atoms with Gasteiger partial charge in [-0.3, -0.25) is 0 Å². The highest BCUT2D eigenvalue weighted by Crippen LogP contribution is 2.71. The number of allylic oxidation sites excluding steroid dienone is 2. The van der Waals surface area contributed by atoms with Gasteiger partial charge >= 0.3 is 0 Å². The van der Waals surface area contributed by atoms with Crippen LogP contribution in [0.15, 0.2) is 11.6 Å². The number of hydrogen-bond acceptors (Lipinski definition) is 0. The van der Waals surface area contributed by atoms with E-state index in [9.17, 15) is 0 Å². The smallest absolute Gasteiger partial charge is 0.0115 e. The van der Waals surface area contributed by atoms with Crippen molar-refractivity contribution in [2.45, 2.75) is 47.0 Å². The van der Waals surface area contributed by atoms with Gasteiger partial charge < -0.3 is 0 Å². The highest BCUT2D eigenvalue weighted by molar-refractivity contribution is 5.28. The molecule has 4 aliphatic rings. The third-order valence-corrected chi connectivity index (χ3v) is 5.96. The summed E-state index contributed by atoms with van der Waals surface area (Å²) >= 11 is 0. The third kappa shape index (κ3) is 1.04. The predicted molar refractivity (Wildman–Crippen MR) is 64.5 cm³/mol. The predicted octanol–water partition coefficient (Wildman–Crippen LogP) is 4.27. The van der Waals surface area contributed by atoms with Crippen LogP contribution < -0.4 is 0 Å². The van der Waals surface area contributed by atoms with Crippen molar-refractivity contribution >= 4 is 0 Å². The molecule has 0 heterocycles. The number of fused-ring (bicyclic) bond motifs is 1. The van der Waals surface area contributed by atoms with E-state index in [0.717, 1.165) is 29.6 Å². The van der Waals surface area contributed by atoms with E-state index in [1.54, 1.807) is 5.57 Å². The summed E-state index contributed by atoms with van der Waals surface area (Å²) in [7, 11) is 0. The summed E-state index contributed by atoms with van der Waals surface area (Å²) in [6, 6.07) is 0. The summed E-state index contributed by atoms with van der Waals surface area (Å²) in [6.45, 7) is 9.81. The molecule has 0 heteroatoms. The van der Waals surface area contributed by atoms with Gasteiger partial charge in [-0.15, -0.1) is 0 Å². The Hall–Kier alpha value is -0.260. The van der Waals surface area contributed by atoms with E-state index in [0.29, 0.717) is 5.41 Å². The second kappa shape index (κ2) is 2.90. The minimum absolute atomic E-state index is 0.703. The van der Waals surface area contributed by atoms with E-state index >= 15 is 0 Å². The van der Waals surface area contributed by atoms with Crippen LogP contribution in [0.2, 0.25) is 0 Å². The second-order valence-electron chi connectivity index (χ2n) is 6.80. The van der Waals surface area contributed by atoms with E-state index in [4.69, 9.17) is 0 Å². The van der Waals surface area contributed by atoms with Crippen LogP contribution in [0.25, 0.3) is 0 Å². The molecule has 0 aliphatic heterocycles. The van der Waals surface area contributed by atoms with Gasteiger partial charge in [0, 0.05) is 0 Å².